The van der Waals surface area contributed by atoms with Gasteiger partial charge in [-0.3, -0.25) is 4.79 Å². The molecular formula is C13H20N2O3S. The highest BCUT2D eigenvalue weighted by Crippen LogP contribution is 2.20. The van der Waals surface area contributed by atoms with E-state index in [2.05, 4.69) is 5.32 Å². The van der Waals surface area contributed by atoms with E-state index in [0.717, 1.165) is 0 Å². The minimum atomic E-state index is -3.47. The molecule has 0 fully saturated rings. The van der Waals surface area contributed by atoms with Gasteiger partial charge in [-0.1, -0.05) is 6.92 Å². The van der Waals surface area contributed by atoms with Crippen molar-refractivity contribution >= 4 is 21.6 Å². The van der Waals surface area contributed by atoms with E-state index in [0.29, 0.717) is 12.2 Å². The maximum atomic E-state index is 12.4. The molecule has 0 unspecified atom stereocenters. The summed E-state index contributed by atoms with van der Waals surface area (Å²) in [5.74, 6) is -0.187. The van der Waals surface area contributed by atoms with Gasteiger partial charge in [0, 0.05) is 25.2 Å². The quantitative estimate of drug-likeness (QED) is 0.900. The van der Waals surface area contributed by atoms with E-state index < -0.39 is 10.0 Å². The second kappa shape index (κ2) is 6.16. The van der Waals surface area contributed by atoms with Crippen molar-refractivity contribution in [2.45, 2.75) is 38.6 Å². The highest BCUT2D eigenvalue weighted by atomic mass is 32.2. The molecule has 0 atom stereocenters. The van der Waals surface area contributed by atoms with E-state index in [1.165, 1.54) is 23.4 Å². The molecule has 0 aliphatic rings. The van der Waals surface area contributed by atoms with Gasteiger partial charge in [-0.2, -0.15) is 4.31 Å². The Morgan fingerprint density at radius 3 is 2.16 bits per heavy atom. The van der Waals surface area contributed by atoms with Crippen molar-refractivity contribution in [1.82, 2.24) is 4.31 Å². The topological polar surface area (TPSA) is 66.5 Å². The number of hydrogen-bond donors (Lipinski definition) is 1. The van der Waals surface area contributed by atoms with E-state index in [1.54, 1.807) is 12.1 Å². The molecule has 1 N–H and O–H groups in total. The molecule has 5 nitrogen and oxygen atoms in total. The molecule has 0 aromatic heterocycles. The van der Waals surface area contributed by atoms with Crippen molar-refractivity contribution in [1.29, 1.82) is 0 Å². The first-order valence-electron chi connectivity index (χ1n) is 6.18. The first kappa shape index (κ1) is 15.7. The Labute approximate surface area is 114 Å². The van der Waals surface area contributed by atoms with Crippen LogP contribution in [-0.2, 0) is 14.8 Å². The Balaban J connectivity index is 3.06. The van der Waals surface area contributed by atoms with Crippen LogP contribution in [0.1, 0.15) is 27.7 Å². The van der Waals surface area contributed by atoms with Crippen molar-refractivity contribution in [3.63, 3.8) is 0 Å². The standard InChI is InChI=1S/C13H20N2O3S/c1-5-15(10(2)3)19(17,18)13-8-6-12(7-9-13)14-11(4)16/h6-10H,5H2,1-4H3,(H,14,16). The third-order valence-corrected chi connectivity index (χ3v) is 4.83. The van der Waals surface area contributed by atoms with Gasteiger partial charge >= 0.3 is 0 Å². The number of benzene rings is 1. The number of rotatable bonds is 5. The zero-order valence-electron chi connectivity index (χ0n) is 11.7. The molecule has 6 heteroatoms. The SMILES string of the molecule is CCN(C(C)C)S(=O)(=O)c1ccc(NC(C)=O)cc1. The first-order chi connectivity index (χ1) is 8.78. The lowest BCUT2D eigenvalue weighted by Gasteiger charge is -2.24. The van der Waals surface area contributed by atoms with Gasteiger partial charge < -0.3 is 5.32 Å². The van der Waals surface area contributed by atoms with Gasteiger partial charge in [0.15, 0.2) is 0 Å². The van der Waals surface area contributed by atoms with Crippen LogP contribution in [0.2, 0.25) is 0 Å². The maximum absolute atomic E-state index is 12.4. The first-order valence-corrected chi connectivity index (χ1v) is 7.62. The third kappa shape index (κ3) is 3.78. The highest BCUT2D eigenvalue weighted by molar-refractivity contribution is 7.89. The molecule has 0 aliphatic carbocycles. The molecule has 0 heterocycles. The van der Waals surface area contributed by atoms with Crippen molar-refractivity contribution in [3.05, 3.63) is 24.3 Å². The van der Waals surface area contributed by atoms with Crippen LogP contribution >= 0.6 is 0 Å². The fraction of sp³-hybridized carbons (Fsp3) is 0.462. The van der Waals surface area contributed by atoms with Crippen LogP contribution in [0.5, 0.6) is 0 Å². The van der Waals surface area contributed by atoms with Crippen LogP contribution in [0.25, 0.3) is 0 Å². The van der Waals surface area contributed by atoms with Gasteiger partial charge in [0.05, 0.1) is 4.90 Å². The number of amides is 1. The molecule has 1 aromatic carbocycles. The fourth-order valence-electron chi connectivity index (χ4n) is 1.86. The Bertz CT molecular complexity index is 536. The summed E-state index contributed by atoms with van der Waals surface area (Å²) in [5.41, 5.74) is 0.582. The average molecular weight is 284 g/mol. The van der Waals surface area contributed by atoms with E-state index in [4.69, 9.17) is 0 Å². The number of hydrogen-bond acceptors (Lipinski definition) is 3. The van der Waals surface area contributed by atoms with E-state index >= 15 is 0 Å². The second-order valence-corrected chi connectivity index (χ2v) is 6.40. The number of carbonyl (C=O) groups is 1. The molecular weight excluding hydrogens is 264 g/mol. The average Bonchev–Trinajstić information content (AvgIpc) is 2.28. The highest BCUT2D eigenvalue weighted by Gasteiger charge is 2.25. The molecule has 106 valence electrons. The fourth-order valence-corrected chi connectivity index (χ4v) is 3.51. The predicted octanol–water partition coefficient (Wildman–Crippen LogP) is 2.06. The minimum Gasteiger partial charge on any atom is -0.326 e. The largest absolute Gasteiger partial charge is 0.326 e. The predicted molar refractivity (Wildman–Crippen MR) is 75.4 cm³/mol. The summed E-state index contributed by atoms with van der Waals surface area (Å²) < 4.78 is 26.2. The number of anilines is 1. The molecule has 0 aliphatic heterocycles. The Hall–Kier alpha value is -1.40. The molecule has 1 amide bonds. The van der Waals surface area contributed by atoms with Crippen LogP contribution in [0, 0.1) is 0 Å². The Morgan fingerprint density at radius 2 is 1.79 bits per heavy atom. The van der Waals surface area contributed by atoms with Gasteiger partial charge in [-0.25, -0.2) is 8.42 Å². The normalized spacial score (nSPS) is 11.9. The van der Waals surface area contributed by atoms with Crippen LogP contribution in [0.15, 0.2) is 29.2 Å². The lowest BCUT2D eigenvalue weighted by atomic mass is 10.3. The summed E-state index contributed by atoms with van der Waals surface area (Å²) in [6, 6.07) is 6.09. The summed E-state index contributed by atoms with van der Waals surface area (Å²) in [6.07, 6.45) is 0. The number of nitrogens with zero attached hydrogens (tertiary/aromatic N) is 1. The lowest BCUT2D eigenvalue weighted by Crippen LogP contribution is -2.36. The van der Waals surface area contributed by atoms with E-state index in [-0.39, 0.29) is 16.8 Å². The minimum absolute atomic E-state index is 0.0926. The number of carbonyl (C=O) groups excluding carboxylic acids is 1. The summed E-state index contributed by atoms with van der Waals surface area (Å²) in [7, 11) is -3.47. The Morgan fingerprint density at radius 1 is 1.26 bits per heavy atom. The third-order valence-electron chi connectivity index (χ3n) is 2.67. The Kier molecular flexibility index (Phi) is 5.08. The monoisotopic (exact) mass is 284 g/mol. The van der Waals surface area contributed by atoms with Crippen molar-refractivity contribution in [2.75, 3.05) is 11.9 Å². The van der Waals surface area contributed by atoms with Gasteiger partial charge in [-0.05, 0) is 38.1 Å². The van der Waals surface area contributed by atoms with Gasteiger partial charge in [0.1, 0.15) is 0 Å². The number of sulfonamides is 1. The van der Waals surface area contributed by atoms with Crippen LogP contribution in [0.3, 0.4) is 0 Å². The van der Waals surface area contributed by atoms with Crippen molar-refractivity contribution in [2.24, 2.45) is 0 Å². The van der Waals surface area contributed by atoms with Crippen LogP contribution in [0.4, 0.5) is 5.69 Å². The molecule has 0 spiro atoms. The molecule has 0 saturated carbocycles. The zero-order chi connectivity index (χ0) is 14.6. The summed E-state index contributed by atoms with van der Waals surface area (Å²) >= 11 is 0. The summed E-state index contributed by atoms with van der Waals surface area (Å²) in [4.78, 5) is 11.1. The molecule has 0 bridgehead atoms. The molecule has 19 heavy (non-hydrogen) atoms. The zero-order valence-corrected chi connectivity index (χ0v) is 12.5. The smallest absolute Gasteiger partial charge is 0.243 e. The lowest BCUT2D eigenvalue weighted by molar-refractivity contribution is -0.114. The summed E-state index contributed by atoms with van der Waals surface area (Å²) in [6.45, 7) is 7.32. The van der Waals surface area contributed by atoms with Crippen molar-refractivity contribution in [3.8, 4) is 0 Å². The van der Waals surface area contributed by atoms with Gasteiger partial charge in [0.2, 0.25) is 15.9 Å². The number of nitrogens with one attached hydrogen (secondary N) is 1. The second-order valence-electron chi connectivity index (χ2n) is 4.51. The van der Waals surface area contributed by atoms with E-state index in [1.807, 2.05) is 20.8 Å². The van der Waals surface area contributed by atoms with Gasteiger partial charge in [-0.15, -0.1) is 0 Å². The van der Waals surface area contributed by atoms with Crippen LogP contribution < -0.4 is 5.32 Å². The van der Waals surface area contributed by atoms with E-state index in [9.17, 15) is 13.2 Å². The summed E-state index contributed by atoms with van der Waals surface area (Å²) in [5, 5.41) is 2.60. The van der Waals surface area contributed by atoms with Crippen LogP contribution in [-0.4, -0.2) is 31.2 Å². The maximum Gasteiger partial charge on any atom is 0.243 e. The van der Waals surface area contributed by atoms with Gasteiger partial charge in [0.25, 0.3) is 0 Å². The molecule has 1 rings (SSSR count). The molecule has 0 saturated heterocycles. The molecule has 1 aromatic rings. The van der Waals surface area contributed by atoms with Crippen molar-refractivity contribution < 1.29 is 13.2 Å². The molecule has 0 radical (unpaired) electrons.